The topological polar surface area (TPSA) is 130 Å². The zero-order chi connectivity index (χ0) is 32.6. The number of hydrogen-bond acceptors (Lipinski definition) is 6. The quantitative estimate of drug-likeness (QED) is 0.141. The summed E-state index contributed by atoms with van der Waals surface area (Å²) in [6.45, 7) is 2.99. The lowest BCUT2D eigenvalue weighted by Gasteiger charge is -2.34. The van der Waals surface area contributed by atoms with Crippen LogP contribution < -0.4 is 9.62 Å². The van der Waals surface area contributed by atoms with Crippen molar-refractivity contribution in [3.63, 3.8) is 0 Å². The molecule has 0 aromatic heterocycles. The molecule has 0 saturated carbocycles. The van der Waals surface area contributed by atoms with E-state index in [0.29, 0.717) is 0 Å². The van der Waals surface area contributed by atoms with Crippen molar-refractivity contribution < 1.29 is 22.9 Å². The number of nitrogens with zero attached hydrogens (tertiary/aromatic N) is 3. The highest BCUT2D eigenvalue weighted by atomic mass is 79.9. The number of benzene rings is 4. The monoisotopic (exact) mass is 692 g/mol. The van der Waals surface area contributed by atoms with E-state index in [9.17, 15) is 28.1 Å². The maximum Gasteiger partial charge on any atom is 0.269 e. The number of sulfonamides is 1. The summed E-state index contributed by atoms with van der Waals surface area (Å²) in [6, 6.07) is 27.9. The number of halogens is 1. The van der Waals surface area contributed by atoms with Gasteiger partial charge in [0.15, 0.2) is 0 Å². The largest absolute Gasteiger partial charge is 0.352 e. The van der Waals surface area contributed by atoms with Crippen molar-refractivity contribution in [1.82, 2.24) is 10.2 Å². The molecule has 10 nitrogen and oxygen atoms in total. The van der Waals surface area contributed by atoms with E-state index in [-0.39, 0.29) is 41.2 Å². The second kappa shape index (κ2) is 15.0. The Morgan fingerprint density at radius 2 is 1.47 bits per heavy atom. The molecule has 4 aromatic carbocycles. The number of hydrogen-bond donors (Lipinski definition) is 1. The molecule has 1 N–H and O–H groups in total. The third-order valence-corrected chi connectivity index (χ3v) is 9.18. The van der Waals surface area contributed by atoms with E-state index in [4.69, 9.17) is 0 Å². The summed E-state index contributed by atoms with van der Waals surface area (Å²) >= 11 is 3.46. The van der Waals surface area contributed by atoms with Gasteiger partial charge in [0.2, 0.25) is 11.8 Å². The highest BCUT2D eigenvalue weighted by Gasteiger charge is 2.35. The number of carbonyl (C=O) groups excluding carboxylic acids is 2. The van der Waals surface area contributed by atoms with Crippen molar-refractivity contribution in [3.05, 3.63) is 135 Å². The molecular formula is C33H33BrN4O6S. The molecule has 0 saturated heterocycles. The van der Waals surface area contributed by atoms with Gasteiger partial charge in [-0.25, -0.2) is 8.42 Å². The summed E-state index contributed by atoms with van der Waals surface area (Å²) in [5.41, 5.74) is 1.37. The third-order valence-electron chi connectivity index (χ3n) is 6.90. The number of nitro benzene ring substituents is 1. The van der Waals surface area contributed by atoms with Crippen LogP contribution in [0.4, 0.5) is 11.4 Å². The maximum atomic E-state index is 14.4. The number of carbonyl (C=O) groups is 2. The first-order valence-electron chi connectivity index (χ1n) is 14.2. The minimum atomic E-state index is -4.31. The molecule has 0 aliphatic carbocycles. The smallest absolute Gasteiger partial charge is 0.269 e. The van der Waals surface area contributed by atoms with Crippen molar-refractivity contribution in [1.29, 1.82) is 0 Å². The summed E-state index contributed by atoms with van der Waals surface area (Å²) in [4.78, 5) is 40.2. The van der Waals surface area contributed by atoms with Crippen LogP contribution in [0.25, 0.3) is 0 Å². The van der Waals surface area contributed by atoms with Crippen molar-refractivity contribution >= 4 is 49.1 Å². The summed E-state index contributed by atoms with van der Waals surface area (Å²) in [5.74, 6) is -1.02. The second-order valence-electron chi connectivity index (χ2n) is 10.6. The number of nitro groups is 1. The second-order valence-corrected chi connectivity index (χ2v) is 13.4. The normalized spacial score (nSPS) is 11.9. The van der Waals surface area contributed by atoms with Gasteiger partial charge in [0.05, 0.1) is 15.5 Å². The Morgan fingerprint density at radius 3 is 2.04 bits per heavy atom. The van der Waals surface area contributed by atoms with Gasteiger partial charge in [-0.1, -0.05) is 76.6 Å². The van der Waals surface area contributed by atoms with E-state index in [0.717, 1.165) is 19.9 Å². The lowest BCUT2D eigenvalue weighted by Crippen LogP contribution is -2.54. The molecule has 4 rings (SSSR count). The van der Waals surface area contributed by atoms with Gasteiger partial charge in [0.1, 0.15) is 12.6 Å². The Morgan fingerprint density at radius 1 is 0.867 bits per heavy atom. The van der Waals surface area contributed by atoms with Crippen LogP contribution in [0.3, 0.4) is 0 Å². The van der Waals surface area contributed by atoms with Crippen LogP contribution in [-0.4, -0.2) is 48.7 Å². The molecule has 1 atom stereocenters. The van der Waals surface area contributed by atoms with E-state index < -0.39 is 33.4 Å². The van der Waals surface area contributed by atoms with Crippen molar-refractivity contribution in [2.45, 2.75) is 43.8 Å². The van der Waals surface area contributed by atoms with Gasteiger partial charge in [-0.2, -0.15) is 0 Å². The molecule has 0 spiro atoms. The Kier molecular flexibility index (Phi) is 11.1. The highest BCUT2D eigenvalue weighted by molar-refractivity contribution is 9.10. The molecule has 1 unspecified atom stereocenters. The molecule has 0 heterocycles. The fourth-order valence-corrected chi connectivity index (χ4v) is 6.64. The summed E-state index contributed by atoms with van der Waals surface area (Å²) in [5, 5.41) is 14.2. The lowest BCUT2D eigenvalue weighted by molar-refractivity contribution is -0.384. The molecule has 0 radical (unpaired) electrons. The van der Waals surface area contributed by atoms with Crippen molar-refractivity contribution in [2.75, 3.05) is 10.8 Å². The van der Waals surface area contributed by atoms with Gasteiger partial charge in [-0.05, 0) is 61.4 Å². The van der Waals surface area contributed by atoms with E-state index in [1.54, 1.807) is 18.2 Å². The van der Waals surface area contributed by atoms with Crippen LogP contribution in [0.5, 0.6) is 0 Å². The third kappa shape index (κ3) is 8.77. The molecule has 4 aromatic rings. The van der Waals surface area contributed by atoms with Crippen molar-refractivity contribution in [3.8, 4) is 0 Å². The van der Waals surface area contributed by atoms with Gasteiger partial charge in [0, 0.05) is 35.6 Å². The van der Waals surface area contributed by atoms with Crippen LogP contribution in [0.2, 0.25) is 0 Å². The molecule has 0 aliphatic heterocycles. The van der Waals surface area contributed by atoms with Gasteiger partial charge in [0.25, 0.3) is 15.7 Å². The summed E-state index contributed by atoms with van der Waals surface area (Å²) in [7, 11) is -4.31. The number of amides is 2. The molecule has 0 bridgehead atoms. The predicted molar refractivity (Wildman–Crippen MR) is 176 cm³/mol. The minimum absolute atomic E-state index is 0.0147. The van der Waals surface area contributed by atoms with E-state index in [1.165, 1.54) is 41.3 Å². The van der Waals surface area contributed by atoms with Gasteiger partial charge >= 0.3 is 0 Å². The van der Waals surface area contributed by atoms with Crippen LogP contribution in [-0.2, 0) is 32.6 Å². The standard InChI is InChI=1S/C33H33BrN4O6S/c1-24(2)35-33(40)31(21-25-10-5-3-6-11-25)36(22-26-12-9-13-27(34)20-26)32(39)23-37(28-16-18-29(19-17-28)38(41)42)45(43,44)30-14-7-4-8-15-30/h3-20,24,31H,21-23H2,1-2H3,(H,35,40). The van der Waals surface area contributed by atoms with E-state index in [1.807, 2.05) is 68.4 Å². The Labute approximate surface area is 271 Å². The van der Waals surface area contributed by atoms with Gasteiger partial charge in [-0.3, -0.25) is 24.0 Å². The van der Waals surface area contributed by atoms with E-state index >= 15 is 0 Å². The Bertz CT molecular complexity index is 1740. The first-order chi connectivity index (χ1) is 21.5. The lowest BCUT2D eigenvalue weighted by atomic mass is 10.0. The summed E-state index contributed by atoms with van der Waals surface area (Å²) in [6.07, 6.45) is 0.183. The molecule has 45 heavy (non-hydrogen) atoms. The van der Waals surface area contributed by atoms with Crippen LogP contribution >= 0.6 is 15.9 Å². The fourth-order valence-electron chi connectivity index (χ4n) is 4.76. The zero-order valence-corrected chi connectivity index (χ0v) is 27.1. The predicted octanol–water partition coefficient (Wildman–Crippen LogP) is 5.72. The fraction of sp³-hybridized carbons (Fsp3) is 0.212. The van der Waals surface area contributed by atoms with Crippen LogP contribution in [0.15, 0.2) is 119 Å². The first-order valence-corrected chi connectivity index (χ1v) is 16.4. The Balaban J connectivity index is 1.81. The molecule has 0 aliphatic rings. The SMILES string of the molecule is CC(C)NC(=O)C(Cc1ccccc1)N(Cc1cccc(Br)c1)C(=O)CN(c1ccc([N+](=O)[O-])cc1)S(=O)(=O)c1ccccc1. The molecule has 2 amide bonds. The van der Waals surface area contributed by atoms with E-state index in [2.05, 4.69) is 21.2 Å². The van der Waals surface area contributed by atoms with Gasteiger partial charge in [-0.15, -0.1) is 0 Å². The molecule has 234 valence electrons. The van der Waals surface area contributed by atoms with Gasteiger partial charge < -0.3 is 10.2 Å². The average Bonchev–Trinajstić information content (AvgIpc) is 3.02. The minimum Gasteiger partial charge on any atom is -0.352 e. The molecule has 0 fully saturated rings. The number of non-ortho nitro benzene ring substituents is 1. The molecular weight excluding hydrogens is 660 g/mol. The maximum absolute atomic E-state index is 14.4. The van der Waals surface area contributed by atoms with Crippen LogP contribution in [0, 0.1) is 10.1 Å². The summed E-state index contributed by atoms with van der Waals surface area (Å²) < 4.78 is 29.7. The number of anilines is 1. The number of nitrogens with one attached hydrogen (secondary N) is 1. The molecule has 12 heteroatoms. The number of rotatable bonds is 13. The van der Waals surface area contributed by atoms with Crippen molar-refractivity contribution in [2.24, 2.45) is 0 Å². The first kappa shape index (κ1) is 33.3. The average molecular weight is 694 g/mol. The van der Waals surface area contributed by atoms with Crippen LogP contribution in [0.1, 0.15) is 25.0 Å². The zero-order valence-electron chi connectivity index (χ0n) is 24.7. The highest BCUT2D eigenvalue weighted by Crippen LogP contribution is 2.27. The Hall–Kier alpha value is -4.55.